The SMILES string of the molecule is COc1cccc(F)c1C(=O)Nc1nc(C(C)=O)cs1. The quantitative estimate of drug-likeness (QED) is 0.880. The fraction of sp³-hybridized carbons (Fsp3) is 0.154. The van der Waals surface area contributed by atoms with Crippen molar-refractivity contribution in [3.63, 3.8) is 0 Å². The Morgan fingerprint density at radius 3 is 2.75 bits per heavy atom. The van der Waals surface area contributed by atoms with Gasteiger partial charge in [-0.25, -0.2) is 9.37 Å². The summed E-state index contributed by atoms with van der Waals surface area (Å²) >= 11 is 1.09. The van der Waals surface area contributed by atoms with Crippen LogP contribution in [0.15, 0.2) is 23.6 Å². The van der Waals surface area contributed by atoms with Gasteiger partial charge in [-0.1, -0.05) is 6.07 Å². The molecule has 0 bridgehead atoms. The van der Waals surface area contributed by atoms with Gasteiger partial charge in [0, 0.05) is 12.3 Å². The number of amides is 1. The van der Waals surface area contributed by atoms with Gasteiger partial charge in [0.15, 0.2) is 10.9 Å². The van der Waals surface area contributed by atoms with Crippen LogP contribution < -0.4 is 10.1 Å². The molecule has 7 heteroatoms. The van der Waals surface area contributed by atoms with Crippen LogP contribution in [0, 0.1) is 5.82 Å². The Morgan fingerprint density at radius 1 is 1.40 bits per heavy atom. The number of carbonyl (C=O) groups excluding carboxylic acids is 2. The molecular formula is C13H11FN2O3S. The van der Waals surface area contributed by atoms with Crippen molar-refractivity contribution < 1.29 is 18.7 Å². The lowest BCUT2D eigenvalue weighted by molar-refractivity contribution is 0.100. The smallest absolute Gasteiger partial charge is 0.264 e. The number of carbonyl (C=O) groups is 2. The van der Waals surface area contributed by atoms with E-state index >= 15 is 0 Å². The zero-order valence-corrected chi connectivity index (χ0v) is 11.6. The van der Waals surface area contributed by atoms with Crippen LogP contribution in [0.5, 0.6) is 5.75 Å². The highest BCUT2D eigenvalue weighted by atomic mass is 32.1. The van der Waals surface area contributed by atoms with Crippen molar-refractivity contribution in [3.05, 3.63) is 40.7 Å². The number of benzene rings is 1. The Kier molecular flexibility index (Phi) is 4.09. The van der Waals surface area contributed by atoms with Gasteiger partial charge in [-0.3, -0.25) is 14.9 Å². The minimum atomic E-state index is -0.690. The normalized spacial score (nSPS) is 10.2. The van der Waals surface area contributed by atoms with E-state index in [0.29, 0.717) is 0 Å². The van der Waals surface area contributed by atoms with Gasteiger partial charge in [0.25, 0.3) is 5.91 Å². The largest absolute Gasteiger partial charge is 0.496 e. The molecule has 1 aromatic heterocycles. The van der Waals surface area contributed by atoms with Crippen LogP contribution in [-0.2, 0) is 0 Å². The Labute approximate surface area is 118 Å². The van der Waals surface area contributed by atoms with Gasteiger partial charge in [0.1, 0.15) is 22.8 Å². The van der Waals surface area contributed by atoms with Crippen LogP contribution in [0.1, 0.15) is 27.8 Å². The summed E-state index contributed by atoms with van der Waals surface area (Å²) in [5.74, 6) is -1.44. The average Bonchev–Trinajstić information content (AvgIpc) is 2.86. The second-order valence-electron chi connectivity index (χ2n) is 3.87. The van der Waals surface area contributed by atoms with Gasteiger partial charge in [-0.15, -0.1) is 11.3 Å². The summed E-state index contributed by atoms with van der Waals surface area (Å²) in [7, 11) is 1.35. The van der Waals surface area contributed by atoms with E-state index < -0.39 is 11.7 Å². The standard InChI is InChI=1S/C13H11FN2O3S/c1-7(17)9-6-20-13(15-9)16-12(18)11-8(14)4-3-5-10(11)19-2/h3-6H,1-2H3,(H,15,16,18). The first-order valence-electron chi connectivity index (χ1n) is 5.63. The molecule has 0 radical (unpaired) electrons. The number of nitrogens with zero attached hydrogens (tertiary/aromatic N) is 1. The van der Waals surface area contributed by atoms with Crippen molar-refractivity contribution in [2.24, 2.45) is 0 Å². The molecule has 2 aromatic rings. The number of nitrogens with one attached hydrogen (secondary N) is 1. The molecule has 2 rings (SSSR count). The van der Waals surface area contributed by atoms with Crippen LogP contribution in [0.3, 0.4) is 0 Å². The lowest BCUT2D eigenvalue weighted by Crippen LogP contribution is -2.15. The van der Waals surface area contributed by atoms with Gasteiger partial charge in [-0.2, -0.15) is 0 Å². The predicted octanol–water partition coefficient (Wildman–Crippen LogP) is 2.75. The Hall–Kier alpha value is -2.28. The highest BCUT2D eigenvalue weighted by molar-refractivity contribution is 7.14. The Morgan fingerprint density at radius 2 is 2.15 bits per heavy atom. The Bertz CT molecular complexity index is 669. The third kappa shape index (κ3) is 2.83. The van der Waals surface area contributed by atoms with Crippen LogP contribution in [0.2, 0.25) is 0 Å². The predicted molar refractivity (Wildman–Crippen MR) is 73.0 cm³/mol. The van der Waals surface area contributed by atoms with Gasteiger partial charge in [0.05, 0.1) is 7.11 Å². The minimum Gasteiger partial charge on any atom is -0.496 e. The van der Waals surface area contributed by atoms with Gasteiger partial charge in [-0.05, 0) is 12.1 Å². The molecule has 0 saturated heterocycles. The number of rotatable bonds is 4. The highest BCUT2D eigenvalue weighted by Gasteiger charge is 2.19. The van der Waals surface area contributed by atoms with Crippen LogP contribution in [-0.4, -0.2) is 23.8 Å². The summed E-state index contributed by atoms with van der Waals surface area (Å²) in [5, 5.41) is 4.20. The van der Waals surface area contributed by atoms with Gasteiger partial charge in [0.2, 0.25) is 0 Å². The number of halogens is 1. The van der Waals surface area contributed by atoms with Crippen LogP contribution in [0.25, 0.3) is 0 Å². The number of methoxy groups -OCH3 is 1. The molecule has 5 nitrogen and oxygen atoms in total. The van der Waals surface area contributed by atoms with E-state index in [0.717, 1.165) is 11.3 Å². The summed E-state index contributed by atoms with van der Waals surface area (Å²) in [6.45, 7) is 1.38. The van der Waals surface area contributed by atoms with Crippen molar-refractivity contribution in [1.29, 1.82) is 0 Å². The maximum absolute atomic E-state index is 13.7. The number of thiazole rings is 1. The molecule has 0 aliphatic rings. The van der Waals surface area contributed by atoms with E-state index in [1.807, 2.05) is 0 Å². The Balaban J connectivity index is 2.26. The molecule has 0 fully saturated rings. The third-order valence-corrected chi connectivity index (χ3v) is 3.27. The highest BCUT2D eigenvalue weighted by Crippen LogP contribution is 2.23. The molecule has 1 aromatic carbocycles. The average molecular weight is 294 g/mol. The third-order valence-electron chi connectivity index (χ3n) is 2.51. The first-order chi connectivity index (χ1) is 9.52. The second kappa shape index (κ2) is 5.79. The maximum Gasteiger partial charge on any atom is 0.264 e. The minimum absolute atomic E-state index is 0.130. The summed E-state index contributed by atoms with van der Waals surface area (Å²) < 4.78 is 18.7. The molecule has 0 spiro atoms. The molecule has 0 aliphatic heterocycles. The molecule has 20 heavy (non-hydrogen) atoms. The van der Waals surface area contributed by atoms with E-state index in [-0.39, 0.29) is 27.9 Å². The van der Waals surface area contributed by atoms with E-state index in [1.165, 1.54) is 37.6 Å². The number of hydrogen-bond donors (Lipinski definition) is 1. The lowest BCUT2D eigenvalue weighted by Gasteiger charge is -2.08. The number of ether oxygens (including phenoxy) is 1. The van der Waals surface area contributed by atoms with E-state index in [1.54, 1.807) is 0 Å². The van der Waals surface area contributed by atoms with Crippen molar-refractivity contribution in [2.75, 3.05) is 12.4 Å². The van der Waals surface area contributed by atoms with Gasteiger partial charge < -0.3 is 4.74 Å². The van der Waals surface area contributed by atoms with Crippen LogP contribution in [0.4, 0.5) is 9.52 Å². The van der Waals surface area contributed by atoms with E-state index in [9.17, 15) is 14.0 Å². The topological polar surface area (TPSA) is 68.3 Å². The van der Waals surface area contributed by atoms with Crippen molar-refractivity contribution in [2.45, 2.75) is 6.92 Å². The summed E-state index contributed by atoms with van der Waals surface area (Å²) in [4.78, 5) is 27.1. The first-order valence-corrected chi connectivity index (χ1v) is 6.51. The summed E-state index contributed by atoms with van der Waals surface area (Å²) in [5.41, 5.74) is 0.0559. The molecule has 0 saturated carbocycles. The number of aromatic nitrogens is 1. The number of anilines is 1. The lowest BCUT2D eigenvalue weighted by atomic mass is 10.2. The van der Waals surface area contributed by atoms with E-state index in [4.69, 9.17) is 4.74 Å². The molecular weight excluding hydrogens is 283 g/mol. The molecule has 1 amide bonds. The molecule has 1 heterocycles. The first kappa shape index (κ1) is 14.1. The zero-order valence-electron chi connectivity index (χ0n) is 10.8. The fourth-order valence-electron chi connectivity index (χ4n) is 1.55. The monoisotopic (exact) mass is 294 g/mol. The van der Waals surface area contributed by atoms with Crippen LogP contribution >= 0.6 is 11.3 Å². The molecule has 1 N–H and O–H groups in total. The molecule has 0 atom stereocenters. The summed E-state index contributed by atoms with van der Waals surface area (Å²) in [6.07, 6.45) is 0. The number of Topliss-reactive ketones (excluding diaryl/α,β-unsaturated/α-hetero) is 1. The summed E-state index contributed by atoms with van der Waals surface area (Å²) in [6, 6.07) is 4.10. The maximum atomic E-state index is 13.7. The van der Waals surface area contributed by atoms with Crippen molar-refractivity contribution >= 4 is 28.2 Å². The van der Waals surface area contributed by atoms with Crippen molar-refractivity contribution in [1.82, 2.24) is 4.98 Å². The van der Waals surface area contributed by atoms with Crippen molar-refractivity contribution in [3.8, 4) is 5.75 Å². The molecule has 104 valence electrons. The molecule has 0 unspecified atom stereocenters. The number of ketones is 1. The number of hydrogen-bond acceptors (Lipinski definition) is 5. The zero-order chi connectivity index (χ0) is 14.7. The fourth-order valence-corrected chi connectivity index (χ4v) is 2.29. The molecule has 0 aliphatic carbocycles. The van der Waals surface area contributed by atoms with Gasteiger partial charge >= 0.3 is 0 Å². The second-order valence-corrected chi connectivity index (χ2v) is 4.72. The van der Waals surface area contributed by atoms with E-state index in [2.05, 4.69) is 10.3 Å².